The number of carbonyl (C=O) groups excluding carboxylic acids is 1. The van der Waals surface area contributed by atoms with E-state index in [0.717, 1.165) is 5.56 Å². The molecule has 0 unspecified atom stereocenters. The Morgan fingerprint density at radius 2 is 1.77 bits per heavy atom. The lowest BCUT2D eigenvalue weighted by Crippen LogP contribution is -2.30. The molecule has 7 heteroatoms. The number of benzene rings is 2. The summed E-state index contributed by atoms with van der Waals surface area (Å²) in [4.78, 5) is 12.9. The van der Waals surface area contributed by atoms with Gasteiger partial charge in [-0.15, -0.1) is 0 Å². The van der Waals surface area contributed by atoms with Crippen LogP contribution in [-0.2, 0) is 6.42 Å². The van der Waals surface area contributed by atoms with Gasteiger partial charge in [-0.05, 0) is 24.1 Å². The molecule has 0 saturated heterocycles. The van der Waals surface area contributed by atoms with Crippen molar-refractivity contribution in [1.29, 1.82) is 0 Å². The van der Waals surface area contributed by atoms with E-state index in [1.165, 1.54) is 27.4 Å². The van der Waals surface area contributed by atoms with Gasteiger partial charge in [-0.1, -0.05) is 6.07 Å². The maximum Gasteiger partial charge on any atom is 0.204 e. The van der Waals surface area contributed by atoms with E-state index in [2.05, 4.69) is 0 Å². The van der Waals surface area contributed by atoms with Gasteiger partial charge in [-0.3, -0.25) is 4.79 Å². The number of hydrogen-bond donors (Lipinski definition) is 2. The van der Waals surface area contributed by atoms with Gasteiger partial charge in [0.25, 0.3) is 0 Å². The molecule has 0 radical (unpaired) electrons. The van der Waals surface area contributed by atoms with Gasteiger partial charge in [0.1, 0.15) is 11.3 Å². The molecule has 0 bridgehead atoms. The molecular formula is C19H20O7. The molecule has 0 spiro atoms. The van der Waals surface area contributed by atoms with Crippen molar-refractivity contribution in [2.75, 3.05) is 27.9 Å². The van der Waals surface area contributed by atoms with E-state index in [4.69, 9.17) is 18.9 Å². The van der Waals surface area contributed by atoms with Crippen molar-refractivity contribution in [3.05, 3.63) is 35.4 Å². The Morgan fingerprint density at radius 3 is 2.38 bits per heavy atom. The molecule has 7 nitrogen and oxygen atoms in total. The molecule has 0 fully saturated rings. The Kier molecular flexibility index (Phi) is 4.79. The maximum absolute atomic E-state index is 12.9. The van der Waals surface area contributed by atoms with Crippen LogP contribution in [-0.4, -0.2) is 43.9 Å². The number of fused-ring (bicyclic) bond motifs is 1. The first-order valence-electron chi connectivity index (χ1n) is 8.01. The van der Waals surface area contributed by atoms with Crippen LogP contribution in [0.25, 0.3) is 0 Å². The quantitative estimate of drug-likeness (QED) is 0.846. The smallest absolute Gasteiger partial charge is 0.204 e. The Morgan fingerprint density at radius 1 is 1.04 bits per heavy atom. The van der Waals surface area contributed by atoms with Crippen LogP contribution in [0.4, 0.5) is 0 Å². The molecule has 2 N–H and O–H groups in total. The largest absolute Gasteiger partial charge is 0.507 e. The highest BCUT2D eigenvalue weighted by Gasteiger charge is 2.35. The lowest BCUT2D eigenvalue weighted by atomic mass is 9.88. The Bertz CT molecular complexity index is 844. The van der Waals surface area contributed by atoms with Crippen LogP contribution in [0, 0.1) is 5.92 Å². The fourth-order valence-corrected chi connectivity index (χ4v) is 3.09. The van der Waals surface area contributed by atoms with Gasteiger partial charge in [0.05, 0.1) is 33.9 Å². The van der Waals surface area contributed by atoms with Crippen LogP contribution in [0.3, 0.4) is 0 Å². The van der Waals surface area contributed by atoms with Crippen LogP contribution in [0.1, 0.15) is 15.9 Å². The highest BCUT2D eigenvalue weighted by Crippen LogP contribution is 2.47. The molecule has 0 saturated carbocycles. The first kappa shape index (κ1) is 17.7. The lowest BCUT2D eigenvalue weighted by Gasteiger charge is -2.27. The van der Waals surface area contributed by atoms with E-state index in [1.54, 1.807) is 18.2 Å². The van der Waals surface area contributed by atoms with E-state index in [9.17, 15) is 15.0 Å². The number of carbonyl (C=O) groups is 1. The fraction of sp³-hybridized carbons (Fsp3) is 0.316. The number of ether oxygens (including phenoxy) is 4. The van der Waals surface area contributed by atoms with Crippen molar-refractivity contribution in [2.24, 2.45) is 5.92 Å². The zero-order valence-electron chi connectivity index (χ0n) is 14.7. The van der Waals surface area contributed by atoms with E-state index in [1.807, 2.05) is 0 Å². The molecule has 3 rings (SSSR count). The number of phenols is 2. The molecule has 26 heavy (non-hydrogen) atoms. The number of hydrogen-bond acceptors (Lipinski definition) is 7. The highest BCUT2D eigenvalue weighted by atomic mass is 16.5. The van der Waals surface area contributed by atoms with Gasteiger partial charge < -0.3 is 29.2 Å². The summed E-state index contributed by atoms with van der Waals surface area (Å²) in [5, 5.41) is 20.2. The van der Waals surface area contributed by atoms with Crippen molar-refractivity contribution >= 4 is 5.78 Å². The van der Waals surface area contributed by atoms with Crippen LogP contribution >= 0.6 is 0 Å². The number of aromatic hydroxyl groups is 2. The van der Waals surface area contributed by atoms with Crippen molar-refractivity contribution in [3.8, 4) is 34.5 Å². The average Bonchev–Trinajstić information content (AvgIpc) is 2.63. The van der Waals surface area contributed by atoms with E-state index < -0.39 is 5.92 Å². The zero-order chi connectivity index (χ0) is 18.8. The van der Waals surface area contributed by atoms with Gasteiger partial charge >= 0.3 is 0 Å². The van der Waals surface area contributed by atoms with Crippen LogP contribution < -0.4 is 18.9 Å². The van der Waals surface area contributed by atoms with Crippen LogP contribution in [0.5, 0.6) is 34.5 Å². The third-order valence-corrected chi connectivity index (χ3v) is 4.38. The third-order valence-electron chi connectivity index (χ3n) is 4.38. The molecule has 138 valence electrons. The summed E-state index contributed by atoms with van der Waals surface area (Å²) >= 11 is 0. The minimum atomic E-state index is -0.501. The molecule has 1 atom stereocenters. The summed E-state index contributed by atoms with van der Waals surface area (Å²) < 4.78 is 21.2. The van der Waals surface area contributed by atoms with E-state index in [0.29, 0.717) is 12.2 Å². The Balaban J connectivity index is 1.92. The SMILES string of the molecule is COc1ccc(C[C@@H]2COc3c(OC)c(OC)cc(O)c3C2=O)cc1O. The topological polar surface area (TPSA) is 94.5 Å². The minimum absolute atomic E-state index is 0.00355. The molecule has 0 amide bonds. The van der Waals surface area contributed by atoms with Crippen molar-refractivity contribution in [2.45, 2.75) is 6.42 Å². The number of ketones is 1. The molecular weight excluding hydrogens is 340 g/mol. The summed E-state index contributed by atoms with van der Waals surface area (Å²) in [6, 6.07) is 6.30. The number of methoxy groups -OCH3 is 3. The average molecular weight is 360 g/mol. The van der Waals surface area contributed by atoms with Crippen molar-refractivity contribution in [1.82, 2.24) is 0 Å². The van der Waals surface area contributed by atoms with E-state index in [-0.39, 0.29) is 46.7 Å². The van der Waals surface area contributed by atoms with E-state index >= 15 is 0 Å². The fourth-order valence-electron chi connectivity index (χ4n) is 3.09. The molecule has 2 aromatic carbocycles. The number of rotatable bonds is 5. The highest BCUT2D eigenvalue weighted by molar-refractivity contribution is 6.05. The third kappa shape index (κ3) is 2.96. The first-order valence-corrected chi connectivity index (χ1v) is 8.01. The molecule has 0 aliphatic carbocycles. The Hall–Kier alpha value is -3.09. The van der Waals surface area contributed by atoms with Crippen LogP contribution in [0.15, 0.2) is 24.3 Å². The molecule has 1 aliphatic heterocycles. The lowest BCUT2D eigenvalue weighted by molar-refractivity contribution is 0.0820. The predicted molar refractivity (Wildman–Crippen MR) is 92.9 cm³/mol. The second kappa shape index (κ2) is 7.03. The Labute approximate surface area is 150 Å². The summed E-state index contributed by atoms with van der Waals surface area (Å²) in [7, 11) is 4.34. The second-order valence-corrected chi connectivity index (χ2v) is 5.92. The first-order chi connectivity index (χ1) is 12.5. The maximum atomic E-state index is 12.9. The molecule has 2 aromatic rings. The molecule has 1 heterocycles. The number of phenolic OH excluding ortho intramolecular Hbond substituents is 2. The second-order valence-electron chi connectivity index (χ2n) is 5.92. The summed E-state index contributed by atoms with van der Waals surface area (Å²) in [5.41, 5.74) is 0.838. The molecule has 1 aliphatic rings. The monoisotopic (exact) mass is 360 g/mol. The number of Topliss-reactive ketones (excluding diaryl/α,β-unsaturated/α-hetero) is 1. The van der Waals surface area contributed by atoms with Crippen LogP contribution in [0.2, 0.25) is 0 Å². The standard InChI is InChI=1S/C19H20O7/c1-23-14-5-4-10(7-12(14)20)6-11-9-26-19-16(17(11)22)13(21)8-15(24-2)18(19)25-3/h4-5,7-8,11,20-21H,6,9H2,1-3H3/t11-/m1/s1. The van der Waals surface area contributed by atoms with Gasteiger partial charge in [-0.2, -0.15) is 0 Å². The van der Waals surface area contributed by atoms with Crippen molar-refractivity contribution < 1.29 is 34.0 Å². The summed E-state index contributed by atoms with van der Waals surface area (Å²) in [6.07, 6.45) is 0.351. The van der Waals surface area contributed by atoms with Gasteiger partial charge in [0.15, 0.2) is 28.8 Å². The normalized spacial score (nSPS) is 15.8. The predicted octanol–water partition coefficient (Wildman–Crippen LogP) is 2.56. The zero-order valence-corrected chi connectivity index (χ0v) is 14.7. The van der Waals surface area contributed by atoms with Gasteiger partial charge in [0.2, 0.25) is 5.75 Å². The minimum Gasteiger partial charge on any atom is -0.507 e. The van der Waals surface area contributed by atoms with Gasteiger partial charge in [0, 0.05) is 6.07 Å². The molecule has 0 aromatic heterocycles. The van der Waals surface area contributed by atoms with Crippen molar-refractivity contribution in [3.63, 3.8) is 0 Å². The summed E-state index contributed by atoms with van der Waals surface area (Å²) in [5.74, 6) is 0.139. The van der Waals surface area contributed by atoms with Gasteiger partial charge in [-0.25, -0.2) is 0 Å². The summed E-state index contributed by atoms with van der Waals surface area (Å²) in [6.45, 7) is 0.127.